The highest BCUT2D eigenvalue weighted by Gasteiger charge is 2.18. The molecular weight excluding hydrogens is 212 g/mol. The number of aliphatic hydroxyl groups is 1. The Balaban J connectivity index is 2.99. The third-order valence-corrected chi connectivity index (χ3v) is 2.01. The molecule has 1 aromatic carbocycles. The fourth-order valence-corrected chi connectivity index (χ4v) is 1.17. The van der Waals surface area contributed by atoms with Crippen LogP contribution in [0.2, 0.25) is 0 Å². The molecule has 0 unspecified atom stereocenters. The summed E-state index contributed by atoms with van der Waals surface area (Å²) in [6.07, 6.45) is -0.598. The van der Waals surface area contributed by atoms with Crippen LogP contribution in [0, 0.1) is 23.3 Å². The first kappa shape index (κ1) is 12.0. The van der Waals surface area contributed by atoms with Crippen LogP contribution < -0.4 is 0 Å². The molecule has 5 heteroatoms. The number of hydrogen-bond donors (Lipinski definition) is 1. The van der Waals surface area contributed by atoms with Crippen molar-refractivity contribution < 1.29 is 22.7 Å². The van der Waals surface area contributed by atoms with Crippen molar-refractivity contribution in [3.63, 3.8) is 0 Å². The van der Waals surface area contributed by atoms with Gasteiger partial charge in [0.05, 0.1) is 6.10 Å². The Morgan fingerprint density at radius 2 is 1.73 bits per heavy atom. The molecule has 1 N–H and O–H groups in total. The van der Waals surface area contributed by atoms with Gasteiger partial charge >= 0.3 is 0 Å². The van der Waals surface area contributed by atoms with E-state index in [1.54, 1.807) is 0 Å². The summed E-state index contributed by atoms with van der Waals surface area (Å²) in [5.41, 5.74) is -0.271. The molecule has 0 amide bonds. The van der Waals surface area contributed by atoms with Gasteiger partial charge < -0.3 is 5.11 Å². The van der Waals surface area contributed by atoms with Gasteiger partial charge in [0.1, 0.15) is 0 Å². The molecule has 0 aliphatic heterocycles. The van der Waals surface area contributed by atoms with E-state index in [0.717, 1.165) is 0 Å². The fourth-order valence-electron chi connectivity index (χ4n) is 1.17. The van der Waals surface area contributed by atoms with Crippen LogP contribution in [0.4, 0.5) is 17.6 Å². The largest absolute Gasteiger partial charge is 0.393 e. The van der Waals surface area contributed by atoms with E-state index in [1.165, 1.54) is 6.92 Å². The second-order valence-corrected chi connectivity index (χ2v) is 3.35. The molecule has 0 spiro atoms. The summed E-state index contributed by atoms with van der Waals surface area (Å²) in [5, 5.41) is 8.91. The Morgan fingerprint density at radius 1 is 1.13 bits per heavy atom. The van der Waals surface area contributed by atoms with Gasteiger partial charge in [0.2, 0.25) is 0 Å². The normalized spacial score (nSPS) is 12.9. The lowest BCUT2D eigenvalue weighted by Crippen LogP contribution is -2.06. The molecule has 1 rings (SSSR count). The van der Waals surface area contributed by atoms with Crippen molar-refractivity contribution in [2.45, 2.75) is 25.9 Å². The van der Waals surface area contributed by atoms with Gasteiger partial charge in [-0.3, -0.25) is 0 Å². The van der Waals surface area contributed by atoms with E-state index in [9.17, 15) is 17.6 Å². The predicted molar refractivity (Wildman–Crippen MR) is 46.3 cm³/mol. The van der Waals surface area contributed by atoms with E-state index in [-0.39, 0.29) is 18.4 Å². The SMILES string of the molecule is C[C@H](O)CCc1cc(F)c(F)c(F)c1F. The maximum Gasteiger partial charge on any atom is 0.197 e. The van der Waals surface area contributed by atoms with Gasteiger partial charge in [-0.15, -0.1) is 0 Å². The summed E-state index contributed by atoms with van der Waals surface area (Å²) < 4.78 is 51.0. The number of benzene rings is 1. The van der Waals surface area contributed by atoms with Gasteiger partial charge in [0.25, 0.3) is 0 Å². The van der Waals surface area contributed by atoms with Crippen LogP contribution in [0.25, 0.3) is 0 Å². The van der Waals surface area contributed by atoms with Crippen molar-refractivity contribution in [1.82, 2.24) is 0 Å². The Bertz CT molecular complexity index is 363. The van der Waals surface area contributed by atoms with Crippen molar-refractivity contribution in [2.75, 3.05) is 0 Å². The lowest BCUT2D eigenvalue weighted by Gasteiger charge is -2.07. The molecule has 0 aliphatic carbocycles. The smallest absolute Gasteiger partial charge is 0.197 e. The lowest BCUT2D eigenvalue weighted by atomic mass is 10.1. The maximum atomic E-state index is 13.0. The number of halogens is 4. The minimum absolute atomic E-state index is 0.0440. The van der Waals surface area contributed by atoms with Crippen molar-refractivity contribution in [2.24, 2.45) is 0 Å². The number of rotatable bonds is 3. The highest BCUT2D eigenvalue weighted by molar-refractivity contribution is 5.21. The molecule has 0 radical (unpaired) electrons. The molecule has 0 saturated heterocycles. The summed E-state index contributed by atoms with van der Waals surface area (Å²) in [4.78, 5) is 0. The van der Waals surface area contributed by atoms with Crippen LogP contribution in [0.15, 0.2) is 6.07 Å². The monoisotopic (exact) mass is 222 g/mol. The summed E-state index contributed by atoms with van der Waals surface area (Å²) in [6, 6.07) is 0.607. The van der Waals surface area contributed by atoms with E-state index >= 15 is 0 Å². The standard InChI is InChI=1S/C10H10F4O/c1-5(15)2-3-6-4-7(11)9(13)10(14)8(6)12/h4-5,15H,2-3H2,1H3/t5-/m0/s1. The maximum absolute atomic E-state index is 13.0. The molecule has 1 atom stereocenters. The Hall–Kier alpha value is -1.10. The molecule has 0 aromatic heterocycles. The molecule has 15 heavy (non-hydrogen) atoms. The highest BCUT2D eigenvalue weighted by Crippen LogP contribution is 2.20. The van der Waals surface area contributed by atoms with Crippen LogP contribution in [0.5, 0.6) is 0 Å². The zero-order chi connectivity index (χ0) is 11.6. The van der Waals surface area contributed by atoms with Gasteiger partial charge in [-0.2, -0.15) is 0 Å². The molecular formula is C10H10F4O. The third kappa shape index (κ3) is 2.68. The van der Waals surface area contributed by atoms with Gasteiger partial charge in [-0.1, -0.05) is 0 Å². The molecule has 1 aromatic rings. The van der Waals surface area contributed by atoms with E-state index < -0.39 is 29.4 Å². The summed E-state index contributed by atoms with van der Waals surface area (Å²) in [6.45, 7) is 1.47. The molecule has 0 aliphatic rings. The van der Waals surface area contributed by atoms with Crippen LogP contribution in [-0.2, 0) is 6.42 Å². The topological polar surface area (TPSA) is 20.2 Å². The lowest BCUT2D eigenvalue weighted by molar-refractivity contribution is 0.184. The van der Waals surface area contributed by atoms with Crippen LogP contribution >= 0.6 is 0 Å². The minimum atomic E-state index is -1.81. The zero-order valence-corrected chi connectivity index (χ0v) is 8.03. The van der Waals surface area contributed by atoms with Crippen LogP contribution in [0.1, 0.15) is 18.9 Å². The van der Waals surface area contributed by atoms with Crippen molar-refractivity contribution in [3.05, 3.63) is 34.9 Å². The van der Waals surface area contributed by atoms with Crippen molar-refractivity contribution in [1.29, 1.82) is 0 Å². The number of hydrogen-bond acceptors (Lipinski definition) is 1. The first-order chi connectivity index (χ1) is 6.93. The Labute approximate surface area is 84.3 Å². The zero-order valence-electron chi connectivity index (χ0n) is 8.03. The first-order valence-electron chi connectivity index (χ1n) is 4.43. The van der Waals surface area contributed by atoms with Gasteiger partial charge in [-0.25, -0.2) is 17.6 Å². The van der Waals surface area contributed by atoms with Crippen LogP contribution in [0.3, 0.4) is 0 Å². The molecule has 0 fully saturated rings. The fraction of sp³-hybridized carbons (Fsp3) is 0.400. The van der Waals surface area contributed by atoms with Gasteiger partial charge in [0.15, 0.2) is 23.3 Å². The molecule has 0 heterocycles. The molecule has 0 saturated carbocycles. The van der Waals surface area contributed by atoms with Gasteiger partial charge in [0, 0.05) is 0 Å². The van der Waals surface area contributed by atoms with Crippen LogP contribution in [-0.4, -0.2) is 11.2 Å². The van der Waals surface area contributed by atoms with Gasteiger partial charge in [-0.05, 0) is 31.4 Å². The summed E-state index contributed by atoms with van der Waals surface area (Å²) >= 11 is 0. The van der Waals surface area contributed by atoms with Crippen molar-refractivity contribution in [3.8, 4) is 0 Å². The average molecular weight is 222 g/mol. The van der Waals surface area contributed by atoms with Crippen molar-refractivity contribution >= 4 is 0 Å². The molecule has 0 bridgehead atoms. The second kappa shape index (κ2) is 4.61. The predicted octanol–water partition coefficient (Wildman–Crippen LogP) is 2.56. The molecule has 84 valence electrons. The summed E-state index contributed by atoms with van der Waals surface area (Å²) in [5.74, 6) is -6.44. The number of aliphatic hydroxyl groups excluding tert-OH is 1. The van der Waals surface area contributed by atoms with E-state index in [0.29, 0.717) is 6.07 Å². The summed E-state index contributed by atoms with van der Waals surface area (Å²) in [7, 11) is 0. The third-order valence-electron chi connectivity index (χ3n) is 2.01. The molecule has 1 nitrogen and oxygen atoms in total. The van der Waals surface area contributed by atoms with E-state index in [2.05, 4.69) is 0 Å². The minimum Gasteiger partial charge on any atom is -0.393 e. The Morgan fingerprint density at radius 3 is 2.27 bits per heavy atom. The first-order valence-corrected chi connectivity index (χ1v) is 4.43. The van der Waals surface area contributed by atoms with E-state index in [1.807, 2.05) is 0 Å². The Kier molecular flexibility index (Phi) is 3.68. The highest BCUT2D eigenvalue weighted by atomic mass is 19.2. The second-order valence-electron chi connectivity index (χ2n) is 3.35. The number of aryl methyl sites for hydroxylation is 1. The average Bonchev–Trinajstić information content (AvgIpc) is 2.18. The van der Waals surface area contributed by atoms with E-state index in [4.69, 9.17) is 5.11 Å². The quantitative estimate of drug-likeness (QED) is 0.473.